The van der Waals surface area contributed by atoms with Gasteiger partial charge in [0.1, 0.15) is 0 Å². The van der Waals surface area contributed by atoms with Crippen LogP contribution >= 0.6 is 11.3 Å². The zero-order chi connectivity index (χ0) is 17.2. The molecule has 2 aromatic heterocycles. The molecule has 2 aliphatic carbocycles. The Bertz CT molecular complexity index is 704. The predicted molar refractivity (Wildman–Crippen MR) is 97.5 cm³/mol. The van der Waals surface area contributed by atoms with Crippen molar-refractivity contribution in [1.82, 2.24) is 20.4 Å². The van der Waals surface area contributed by atoms with Crippen LogP contribution in [0.1, 0.15) is 31.2 Å². The van der Waals surface area contributed by atoms with Crippen molar-refractivity contribution in [3.63, 3.8) is 0 Å². The normalized spacial score (nSPS) is 22.9. The molecule has 0 aromatic carbocycles. The summed E-state index contributed by atoms with van der Waals surface area (Å²) in [6.07, 6.45) is 6.48. The standard InChI is InChI=1S/C18H24N4O2S/c23-17(24)11-22(10-12-3-4-12)15-6-14(7-15)19-8-13-9-20-21-18(13)16-2-1-5-25-16/h1-2,5,9,12,14-15,19H,3-4,6-8,10-11H2,(H,20,21)(H,23,24). The number of aromatic nitrogens is 2. The molecule has 0 radical (unpaired) electrons. The van der Waals surface area contributed by atoms with E-state index in [0.717, 1.165) is 37.5 Å². The number of nitrogens with zero attached hydrogens (tertiary/aromatic N) is 2. The Morgan fingerprint density at radius 2 is 2.28 bits per heavy atom. The van der Waals surface area contributed by atoms with Crippen LogP contribution in [0.5, 0.6) is 0 Å². The predicted octanol–water partition coefficient (Wildman–Crippen LogP) is 2.56. The summed E-state index contributed by atoms with van der Waals surface area (Å²) >= 11 is 1.71. The van der Waals surface area contributed by atoms with Crippen LogP contribution in [0.3, 0.4) is 0 Å². The number of rotatable bonds is 9. The van der Waals surface area contributed by atoms with Gasteiger partial charge in [-0.2, -0.15) is 5.10 Å². The maximum Gasteiger partial charge on any atom is 0.317 e. The van der Waals surface area contributed by atoms with Crippen LogP contribution in [0, 0.1) is 5.92 Å². The first-order valence-corrected chi connectivity index (χ1v) is 9.82. The minimum absolute atomic E-state index is 0.179. The third-order valence-electron chi connectivity index (χ3n) is 5.22. The fourth-order valence-electron chi connectivity index (χ4n) is 3.53. The largest absolute Gasteiger partial charge is 0.480 e. The summed E-state index contributed by atoms with van der Waals surface area (Å²) in [5.41, 5.74) is 2.28. The summed E-state index contributed by atoms with van der Waals surface area (Å²) in [6, 6.07) is 5.02. The Morgan fingerprint density at radius 1 is 1.44 bits per heavy atom. The highest BCUT2D eigenvalue weighted by atomic mass is 32.1. The topological polar surface area (TPSA) is 81.2 Å². The molecule has 0 amide bonds. The van der Waals surface area contributed by atoms with E-state index in [2.05, 4.69) is 31.9 Å². The van der Waals surface area contributed by atoms with Crippen molar-refractivity contribution in [2.75, 3.05) is 13.1 Å². The van der Waals surface area contributed by atoms with Gasteiger partial charge in [0, 0.05) is 30.7 Å². The quantitative estimate of drug-likeness (QED) is 0.640. The summed E-state index contributed by atoms with van der Waals surface area (Å²) in [5.74, 6) is 0.0155. The zero-order valence-electron chi connectivity index (χ0n) is 14.1. The van der Waals surface area contributed by atoms with Gasteiger partial charge in [-0.3, -0.25) is 14.8 Å². The number of hydrogen-bond donors (Lipinski definition) is 3. The first-order valence-electron chi connectivity index (χ1n) is 8.94. The molecule has 0 bridgehead atoms. The first-order chi connectivity index (χ1) is 12.2. The zero-order valence-corrected chi connectivity index (χ0v) is 15.0. The lowest BCUT2D eigenvalue weighted by atomic mass is 9.85. The first kappa shape index (κ1) is 16.8. The molecule has 3 N–H and O–H groups in total. The van der Waals surface area contributed by atoms with E-state index < -0.39 is 5.97 Å². The summed E-state index contributed by atoms with van der Waals surface area (Å²) in [7, 11) is 0. The van der Waals surface area contributed by atoms with Crippen molar-refractivity contribution in [1.29, 1.82) is 0 Å². The van der Waals surface area contributed by atoms with Crippen molar-refractivity contribution >= 4 is 17.3 Å². The molecule has 25 heavy (non-hydrogen) atoms. The maximum absolute atomic E-state index is 11.1. The van der Waals surface area contributed by atoms with Gasteiger partial charge >= 0.3 is 5.97 Å². The second-order valence-electron chi connectivity index (χ2n) is 7.22. The summed E-state index contributed by atoms with van der Waals surface area (Å²) < 4.78 is 0. The second kappa shape index (κ2) is 7.27. The average Bonchev–Trinajstić information content (AvgIpc) is 3.00. The number of aromatic amines is 1. The van der Waals surface area contributed by atoms with Gasteiger partial charge < -0.3 is 10.4 Å². The highest BCUT2D eigenvalue weighted by Gasteiger charge is 2.36. The van der Waals surface area contributed by atoms with Crippen molar-refractivity contribution in [2.24, 2.45) is 5.92 Å². The molecular formula is C18H24N4O2S. The number of hydrogen-bond acceptors (Lipinski definition) is 5. The van der Waals surface area contributed by atoms with Crippen LogP contribution in [-0.2, 0) is 11.3 Å². The number of aliphatic carboxylic acids is 1. The Kier molecular flexibility index (Phi) is 4.87. The fourth-order valence-corrected chi connectivity index (χ4v) is 4.29. The van der Waals surface area contributed by atoms with Crippen LogP contribution < -0.4 is 5.32 Å². The Labute approximate surface area is 151 Å². The molecule has 0 unspecified atom stereocenters. The van der Waals surface area contributed by atoms with E-state index in [9.17, 15) is 4.79 Å². The van der Waals surface area contributed by atoms with Crippen LogP contribution in [0.15, 0.2) is 23.7 Å². The molecule has 2 aliphatic rings. The van der Waals surface area contributed by atoms with Gasteiger partial charge in [-0.15, -0.1) is 11.3 Å². The molecule has 2 saturated carbocycles. The minimum atomic E-state index is -0.712. The third-order valence-corrected chi connectivity index (χ3v) is 6.11. The number of carboxylic acids is 1. The van der Waals surface area contributed by atoms with Gasteiger partial charge in [0.05, 0.1) is 23.3 Å². The Balaban J connectivity index is 1.27. The molecule has 0 aliphatic heterocycles. The monoisotopic (exact) mass is 360 g/mol. The molecular weight excluding hydrogens is 336 g/mol. The molecule has 0 saturated heterocycles. The van der Waals surface area contributed by atoms with E-state index in [0.29, 0.717) is 12.1 Å². The average molecular weight is 360 g/mol. The van der Waals surface area contributed by atoms with E-state index in [1.807, 2.05) is 12.3 Å². The number of nitrogens with one attached hydrogen (secondary N) is 2. The van der Waals surface area contributed by atoms with Crippen molar-refractivity contribution in [3.05, 3.63) is 29.3 Å². The summed E-state index contributed by atoms with van der Waals surface area (Å²) in [4.78, 5) is 14.5. The molecule has 0 spiro atoms. The summed E-state index contributed by atoms with van der Waals surface area (Å²) in [6.45, 7) is 1.93. The number of carboxylic acid groups (broad SMARTS) is 1. The van der Waals surface area contributed by atoms with Gasteiger partial charge in [0.15, 0.2) is 0 Å². The Morgan fingerprint density at radius 3 is 2.96 bits per heavy atom. The highest BCUT2D eigenvalue weighted by molar-refractivity contribution is 7.13. The van der Waals surface area contributed by atoms with Crippen molar-refractivity contribution < 1.29 is 9.90 Å². The van der Waals surface area contributed by atoms with Crippen LogP contribution in [0.25, 0.3) is 10.6 Å². The highest BCUT2D eigenvalue weighted by Crippen LogP contribution is 2.34. The molecule has 6 nitrogen and oxygen atoms in total. The van der Waals surface area contributed by atoms with Crippen molar-refractivity contribution in [2.45, 2.75) is 44.3 Å². The van der Waals surface area contributed by atoms with E-state index in [1.165, 1.54) is 23.3 Å². The third kappa shape index (κ3) is 4.11. The van der Waals surface area contributed by atoms with Gasteiger partial charge in [0.25, 0.3) is 0 Å². The lowest BCUT2D eigenvalue weighted by Crippen LogP contribution is -2.54. The van der Waals surface area contributed by atoms with Crippen molar-refractivity contribution in [3.8, 4) is 10.6 Å². The molecule has 2 aromatic rings. The SMILES string of the molecule is O=C(O)CN(CC1CC1)C1CC(NCc2cn[nH]c2-c2cccs2)C1. The molecule has 134 valence electrons. The second-order valence-corrected chi connectivity index (χ2v) is 8.16. The maximum atomic E-state index is 11.1. The molecule has 4 rings (SSSR count). The van der Waals surface area contributed by atoms with Crippen LogP contribution in [0.4, 0.5) is 0 Å². The van der Waals surface area contributed by atoms with Crippen LogP contribution in [-0.4, -0.2) is 51.3 Å². The van der Waals surface area contributed by atoms with E-state index in [4.69, 9.17) is 5.11 Å². The fraction of sp³-hybridized carbons (Fsp3) is 0.556. The Hall–Kier alpha value is -1.70. The minimum Gasteiger partial charge on any atom is -0.480 e. The van der Waals surface area contributed by atoms with E-state index >= 15 is 0 Å². The van der Waals surface area contributed by atoms with Gasteiger partial charge in [-0.05, 0) is 43.0 Å². The van der Waals surface area contributed by atoms with Crippen LogP contribution in [0.2, 0.25) is 0 Å². The van der Waals surface area contributed by atoms with Gasteiger partial charge in [-0.1, -0.05) is 6.07 Å². The summed E-state index contributed by atoms with van der Waals surface area (Å²) in [5, 5.41) is 22.1. The number of H-pyrrole nitrogens is 1. The molecule has 2 fully saturated rings. The molecule has 2 heterocycles. The lowest BCUT2D eigenvalue weighted by molar-refractivity contribution is -0.139. The number of thiophene rings is 1. The smallest absolute Gasteiger partial charge is 0.317 e. The van der Waals surface area contributed by atoms with Gasteiger partial charge in [0.2, 0.25) is 0 Å². The van der Waals surface area contributed by atoms with Gasteiger partial charge in [-0.25, -0.2) is 0 Å². The molecule has 7 heteroatoms. The molecule has 0 atom stereocenters. The lowest BCUT2D eigenvalue weighted by Gasteiger charge is -2.43. The number of carbonyl (C=O) groups is 1. The van der Waals surface area contributed by atoms with E-state index in [1.54, 1.807) is 11.3 Å². The van der Waals surface area contributed by atoms with E-state index in [-0.39, 0.29) is 6.54 Å².